The molecule has 1 saturated heterocycles. The molecule has 1 heterocycles. The lowest BCUT2D eigenvalue weighted by atomic mass is 10.1. The minimum absolute atomic E-state index is 0.332. The van der Waals surface area contributed by atoms with Crippen molar-refractivity contribution < 1.29 is 9.47 Å². The third-order valence-corrected chi connectivity index (χ3v) is 4.04. The molecular formula is C15H21NO2. The largest absolute Gasteiger partial charge is 0.490 e. The van der Waals surface area contributed by atoms with Crippen molar-refractivity contribution in [3.63, 3.8) is 0 Å². The van der Waals surface area contributed by atoms with E-state index in [0.29, 0.717) is 12.1 Å². The first-order chi connectivity index (χ1) is 8.88. The standard InChI is InChI=1S/C15H21NO2/c1-16-14-6-5-13-12(14)3-2-4-15(13)18-11-7-9-17-10-8-11/h2-4,11,14,16H,5-10H2,1H3. The minimum Gasteiger partial charge on any atom is -0.490 e. The molecule has 3 heteroatoms. The van der Waals surface area contributed by atoms with Crippen LogP contribution in [0, 0.1) is 0 Å². The van der Waals surface area contributed by atoms with Crippen LogP contribution in [0.3, 0.4) is 0 Å². The average molecular weight is 247 g/mol. The summed E-state index contributed by atoms with van der Waals surface area (Å²) in [5.74, 6) is 1.09. The zero-order chi connectivity index (χ0) is 12.4. The summed E-state index contributed by atoms with van der Waals surface area (Å²) in [6.45, 7) is 1.66. The van der Waals surface area contributed by atoms with Gasteiger partial charge in [-0.3, -0.25) is 0 Å². The molecule has 1 fully saturated rings. The average Bonchev–Trinajstić information content (AvgIpc) is 2.84. The van der Waals surface area contributed by atoms with Gasteiger partial charge in [0, 0.05) is 18.9 Å². The molecule has 1 unspecified atom stereocenters. The van der Waals surface area contributed by atoms with Crippen molar-refractivity contribution >= 4 is 0 Å². The predicted molar refractivity (Wildman–Crippen MR) is 71.0 cm³/mol. The van der Waals surface area contributed by atoms with Crippen molar-refractivity contribution in [2.75, 3.05) is 20.3 Å². The van der Waals surface area contributed by atoms with E-state index in [1.54, 1.807) is 0 Å². The van der Waals surface area contributed by atoms with Crippen LogP contribution in [0.2, 0.25) is 0 Å². The number of hydrogen-bond donors (Lipinski definition) is 1. The van der Waals surface area contributed by atoms with Gasteiger partial charge in [-0.05, 0) is 37.1 Å². The van der Waals surface area contributed by atoms with Crippen molar-refractivity contribution in [3.05, 3.63) is 29.3 Å². The van der Waals surface area contributed by atoms with Crippen LogP contribution in [0.5, 0.6) is 5.75 Å². The van der Waals surface area contributed by atoms with E-state index in [4.69, 9.17) is 9.47 Å². The quantitative estimate of drug-likeness (QED) is 0.890. The highest BCUT2D eigenvalue weighted by Crippen LogP contribution is 2.37. The van der Waals surface area contributed by atoms with Crippen molar-refractivity contribution in [2.45, 2.75) is 37.8 Å². The molecule has 0 saturated carbocycles. The van der Waals surface area contributed by atoms with Crippen LogP contribution < -0.4 is 10.1 Å². The maximum atomic E-state index is 6.18. The highest BCUT2D eigenvalue weighted by atomic mass is 16.5. The monoisotopic (exact) mass is 247 g/mol. The Kier molecular flexibility index (Phi) is 3.52. The Balaban J connectivity index is 1.78. The Morgan fingerprint density at radius 3 is 2.83 bits per heavy atom. The van der Waals surface area contributed by atoms with Crippen LogP contribution in [-0.2, 0) is 11.2 Å². The highest BCUT2D eigenvalue weighted by molar-refractivity contribution is 5.45. The smallest absolute Gasteiger partial charge is 0.123 e. The van der Waals surface area contributed by atoms with Crippen LogP contribution in [0.1, 0.15) is 36.4 Å². The number of rotatable bonds is 3. The molecule has 18 heavy (non-hydrogen) atoms. The molecule has 2 aliphatic rings. The van der Waals surface area contributed by atoms with Crippen molar-refractivity contribution in [2.24, 2.45) is 0 Å². The topological polar surface area (TPSA) is 30.5 Å². The molecule has 3 rings (SSSR count). The fourth-order valence-corrected chi connectivity index (χ4v) is 3.00. The maximum Gasteiger partial charge on any atom is 0.123 e. The van der Waals surface area contributed by atoms with Gasteiger partial charge in [-0.15, -0.1) is 0 Å². The molecule has 1 aromatic carbocycles. The summed E-state index contributed by atoms with van der Waals surface area (Å²) in [6.07, 6.45) is 4.66. The second-order valence-electron chi connectivity index (χ2n) is 5.13. The molecular weight excluding hydrogens is 226 g/mol. The predicted octanol–water partition coefficient (Wildman–Crippen LogP) is 2.45. The van der Waals surface area contributed by atoms with Crippen molar-refractivity contribution in [3.8, 4) is 5.75 Å². The van der Waals surface area contributed by atoms with Crippen LogP contribution >= 0.6 is 0 Å². The number of benzene rings is 1. The van der Waals surface area contributed by atoms with E-state index in [9.17, 15) is 0 Å². The Hall–Kier alpha value is -1.06. The van der Waals surface area contributed by atoms with Gasteiger partial charge in [0.25, 0.3) is 0 Å². The highest BCUT2D eigenvalue weighted by Gasteiger charge is 2.25. The lowest BCUT2D eigenvalue weighted by Gasteiger charge is -2.24. The first-order valence-corrected chi connectivity index (χ1v) is 6.92. The Morgan fingerprint density at radius 1 is 1.22 bits per heavy atom. The molecule has 1 aliphatic heterocycles. The van der Waals surface area contributed by atoms with Gasteiger partial charge in [0.2, 0.25) is 0 Å². The Morgan fingerprint density at radius 2 is 2.06 bits per heavy atom. The summed E-state index contributed by atoms with van der Waals surface area (Å²) in [7, 11) is 2.03. The Labute approximate surface area is 108 Å². The molecule has 0 aromatic heterocycles. The molecule has 3 nitrogen and oxygen atoms in total. The summed E-state index contributed by atoms with van der Waals surface area (Å²) in [5.41, 5.74) is 2.82. The fraction of sp³-hybridized carbons (Fsp3) is 0.600. The number of ether oxygens (including phenoxy) is 2. The SMILES string of the molecule is CNC1CCc2c(OC3CCOCC3)cccc21. The summed E-state index contributed by atoms with van der Waals surface area (Å²) < 4.78 is 11.6. The number of nitrogens with one attached hydrogen (secondary N) is 1. The van der Waals surface area contributed by atoms with Gasteiger partial charge in [-0.2, -0.15) is 0 Å². The molecule has 1 aromatic rings. The molecule has 98 valence electrons. The molecule has 0 radical (unpaired) electrons. The van der Waals surface area contributed by atoms with E-state index in [0.717, 1.165) is 38.2 Å². The molecule has 1 aliphatic carbocycles. The van der Waals surface area contributed by atoms with Gasteiger partial charge >= 0.3 is 0 Å². The van der Waals surface area contributed by atoms with E-state index in [1.165, 1.54) is 17.5 Å². The minimum atomic E-state index is 0.332. The summed E-state index contributed by atoms with van der Waals surface area (Å²) >= 11 is 0. The van der Waals surface area contributed by atoms with Crippen LogP contribution in [-0.4, -0.2) is 26.4 Å². The lowest BCUT2D eigenvalue weighted by Crippen LogP contribution is -2.26. The van der Waals surface area contributed by atoms with Crippen LogP contribution in [0.15, 0.2) is 18.2 Å². The molecule has 1 N–H and O–H groups in total. The second-order valence-corrected chi connectivity index (χ2v) is 5.13. The van der Waals surface area contributed by atoms with E-state index in [-0.39, 0.29) is 0 Å². The molecule has 0 amide bonds. The van der Waals surface area contributed by atoms with E-state index < -0.39 is 0 Å². The second kappa shape index (κ2) is 5.29. The van der Waals surface area contributed by atoms with E-state index in [2.05, 4.69) is 23.5 Å². The summed E-state index contributed by atoms with van der Waals surface area (Å²) in [6, 6.07) is 6.95. The first-order valence-electron chi connectivity index (χ1n) is 6.92. The van der Waals surface area contributed by atoms with E-state index >= 15 is 0 Å². The van der Waals surface area contributed by atoms with Gasteiger partial charge in [0.15, 0.2) is 0 Å². The summed E-state index contributed by atoms with van der Waals surface area (Å²) in [5, 5.41) is 3.38. The Bertz CT molecular complexity index is 413. The van der Waals surface area contributed by atoms with Gasteiger partial charge < -0.3 is 14.8 Å². The number of hydrogen-bond acceptors (Lipinski definition) is 3. The van der Waals surface area contributed by atoms with E-state index in [1.807, 2.05) is 7.05 Å². The third kappa shape index (κ3) is 2.25. The van der Waals surface area contributed by atoms with Gasteiger partial charge in [0.1, 0.15) is 11.9 Å². The maximum absolute atomic E-state index is 6.18. The van der Waals surface area contributed by atoms with Gasteiger partial charge in [-0.25, -0.2) is 0 Å². The zero-order valence-corrected chi connectivity index (χ0v) is 10.9. The van der Waals surface area contributed by atoms with Gasteiger partial charge in [-0.1, -0.05) is 12.1 Å². The number of fused-ring (bicyclic) bond motifs is 1. The van der Waals surface area contributed by atoms with Crippen molar-refractivity contribution in [1.29, 1.82) is 0 Å². The van der Waals surface area contributed by atoms with Crippen LogP contribution in [0.25, 0.3) is 0 Å². The van der Waals surface area contributed by atoms with Crippen molar-refractivity contribution in [1.82, 2.24) is 5.32 Å². The zero-order valence-electron chi connectivity index (χ0n) is 10.9. The molecule has 0 bridgehead atoms. The van der Waals surface area contributed by atoms with Crippen LogP contribution in [0.4, 0.5) is 0 Å². The molecule has 0 spiro atoms. The van der Waals surface area contributed by atoms with Gasteiger partial charge in [0.05, 0.1) is 13.2 Å². The fourth-order valence-electron chi connectivity index (χ4n) is 3.00. The molecule has 1 atom stereocenters. The normalized spacial score (nSPS) is 23.9. The lowest BCUT2D eigenvalue weighted by molar-refractivity contribution is 0.0252. The first kappa shape index (κ1) is 12.0. The third-order valence-electron chi connectivity index (χ3n) is 4.04. The summed E-state index contributed by atoms with van der Waals surface area (Å²) in [4.78, 5) is 0.